The minimum absolute atomic E-state index is 0.0225. The molecule has 2 aromatic carbocycles. The van der Waals surface area contributed by atoms with Gasteiger partial charge < -0.3 is 20.1 Å². The van der Waals surface area contributed by atoms with Gasteiger partial charge in [-0.1, -0.05) is 35.3 Å². The summed E-state index contributed by atoms with van der Waals surface area (Å²) in [4.78, 5) is 15.5. The average Bonchev–Trinajstić information content (AvgIpc) is 3.05. The van der Waals surface area contributed by atoms with Crippen molar-refractivity contribution in [2.75, 3.05) is 13.2 Å². The predicted molar refractivity (Wildman–Crippen MR) is 108 cm³/mol. The predicted octanol–water partition coefficient (Wildman–Crippen LogP) is 4.26. The first-order valence-electron chi connectivity index (χ1n) is 8.48. The van der Waals surface area contributed by atoms with E-state index in [2.05, 4.69) is 16.4 Å². The summed E-state index contributed by atoms with van der Waals surface area (Å²) in [5.41, 5.74) is 3.59. The molecule has 27 heavy (non-hydrogen) atoms. The number of carbonyl (C=O) groups excluding carboxylic acids is 1. The van der Waals surface area contributed by atoms with Gasteiger partial charge in [0, 0.05) is 17.4 Å². The Morgan fingerprint density at radius 1 is 1.26 bits per heavy atom. The zero-order chi connectivity index (χ0) is 19.6. The average molecular weight is 407 g/mol. The maximum Gasteiger partial charge on any atom is 0.267 e. The van der Waals surface area contributed by atoms with Crippen LogP contribution in [0.5, 0.6) is 5.75 Å². The maximum absolute atomic E-state index is 12.4. The van der Waals surface area contributed by atoms with Gasteiger partial charge in [-0.15, -0.1) is 0 Å². The highest BCUT2D eigenvalue weighted by molar-refractivity contribution is 6.42. The van der Waals surface area contributed by atoms with Crippen LogP contribution in [0.15, 0.2) is 36.4 Å². The number of H-pyrrole nitrogens is 1. The molecule has 1 aromatic heterocycles. The highest BCUT2D eigenvalue weighted by atomic mass is 35.5. The molecule has 0 saturated carbocycles. The van der Waals surface area contributed by atoms with Crippen molar-refractivity contribution in [2.24, 2.45) is 0 Å². The van der Waals surface area contributed by atoms with Crippen molar-refractivity contribution in [2.45, 2.75) is 20.0 Å². The number of nitrogens with one attached hydrogen (secondary N) is 2. The summed E-state index contributed by atoms with van der Waals surface area (Å²) >= 11 is 12.0. The third-order valence-corrected chi connectivity index (χ3v) is 4.98. The normalized spacial score (nSPS) is 12.2. The summed E-state index contributed by atoms with van der Waals surface area (Å²) in [5, 5.41) is 14.4. The number of aromatic nitrogens is 1. The van der Waals surface area contributed by atoms with Crippen LogP contribution in [0.1, 0.15) is 21.6 Å². The highest BCUT2D eigenvalue weighted by Crippen LogP contribution is 2.31. The number of aliphatic hydroxyl groups is 1. The number of rotatable bonds is 6. The molecule has 142 valence electrons. The van der Waals surface area contributed by atoms with E-state index in [1.807, 2.05) is 26.0 Å². The van der Waals surface area contributed by atoms with Gasteiger partial charge in [-0.25, -0.2) is 0 Å². The molecule has 7 heteroatoms. The van der Waals surface area contributed by atoms with Gasteiger partial charge in [-0.05, 0) is 49.2 Å². The van der Waals surface area contributed by atoms with Crippen LogP contribution in [0.3, 0.4) is 0 Å². The SMILES string of the molecule is Cc1cc(C)c2cc(C(=O)NCC(O)COc3cccc(Cl)c3Cl)[nH]c2c1. The summed E-state index contributed by atoms with van der Waals surface area (Å²) in [6, 6.07) is 10.9. The van der Waals surface area contributed by atoms with E-state index in [1.165, 1.54) is 0 Å². The van der Waals surface area contributed by atoms with Crippen LogP contribution in [0, 0.1) is 13.8 Å². The van der Waals surface area contributed by atoms with Gasteiger partial charge in [-0.2, -0.15) is 0 Å². The zero-order valence-corrected chi connectivity index (χ0v) is 16.5. The minimum atomic E-state index is -0.891. The van der Waals surface area contributed by atoms with E-state index in [9.17, 15) is 9.90 Å². The van der Waals surface area contributed by atoms with Gasteiger partial charge in [0.15, 0.2) is 0 Å². The number of carbonyl (C=O) groups is 1. The van der Waals surface area contributed by atoms with Crippen molar-refractivity contribution in [3.05, 3.63) is 63.3 Å². The van der Waals surface area contributed by atoms with Crippen LogP contribution in [0.2, 0.25) is 10.0 Å². The molecule has 0 spiro atoms. The Labute approximate surface area is 167 Å². The second-order valence-corrected chi connectivity index (χ2v) is 7.24. The molecule has 0 aliphatic carbocycles. The Morgan fingerprint density at radius 2 is 2.04 bits per heavy atom. The second-order valence-electron chi connectivity index (χ2n) is 6.45. The standard InChI is InChI=1S/C20H20Cl2N2O3/c1-11-6-12(2)14-8-17(24-16(14)7-11)20(26)23-9-13(25)10-27-18-5-3-4-15(21)19(18)22/h3-8,13,24-25H,9-10H2,1-2H3,(H,23,26). The molecule has 3 N–H and O–H groups in total. The lowest BCUT2D eigenvalue weighted by atomic mass is 10.1. The van der Waals surface area contributed by atoms with Crippen molar-refractivity contribution in [1.29, 1.82) is 0 Å². The van der Waals surface area contributed by atoms with E-state index >= 15 is 0 Å². The van der Waals surface area contributed by atoms with Crippen molar-refractivity contribution >= 4 is 40.0 Å². The lowest BCUT2D eigenvalue weighted by Crippen LogP contribution is -2.35. The van der Waals surface area contributed by atoms with Crippen molar-refractivity contribution in [3.8, 4) is 5.75 Å². The topological polar surface area (TPSA) is 74.3 Å². The van der Waals surface area contributed by atoms with E-state index < -0.39 is 6.10 Å². The molecule has 0 fully saturated rings. The van der Waals surface area contributed by atoms with E-state index in [-0.39, 0.29) is 19.1 Å². The molecule has 3 aromatic rings. The molecule has 5 nitrogen and oxygen atoms in total. The van der Waals surface area contributed by atoms with E-state index in [4.69, 9.17) is 27.9 Å². The van der Waals surface area contributed by atoms with E-state index in [1.54, 1.807) is 18.2 Å². The molecule has 0 aliphatic heterocycles. The summed E-state index contributed by atoms with van der Waals surface area (Å²) in [6.45, 7) is 4.04. The highest BCUT2D eigenvalue weighted by Gasteiger charge is 2.14. The number of amides is 1. The first-order chi connectivity index (χ1) is 12.8. The number of halogens is 2. The zero-order valence-electron chi connectivity index (χ0n) is 15.0. The third kappa shape index (κ3) is 4.56. The fraction of sp³-hybridized carbons (Fsp3) is 0.250. The monoisotopic (exact) mass is 406 g/mol. The first kappa shape index (κ1) is 19.5. The molecule has 1 atom stereocenters. The number of ether oxygens (including phenoxy) is 1. The number of hydrogen-bond acceptors (Lipinski definition) is 3. The van der Waals surface area contributed by atoms with E-state index in [0.717, 1.165) is 22.0 Å². The van der Waals surface area contributed by atoms with Crippen molar-refractivity contribution < 1.29 is 14.6 Å². The number of aryl methyl sites for hydroxylation is 2. The van der Waals surface area contributed by atoms with Gasteiger partial charge in [0.25, 0.3) is 5.91 Å². The molecular formula is C20H20Cl2N2O3. The minimum Gasteiger partial charge on any atom is -0.489 e. The van der Waals surface area contributed by atoms with Gasteiger partial charge in [0.05, 0.1) is 5.02 Å². The van der Waals surface area contributed by atoms with Gasteiger partial charge in [0.1, 0.15) is 29.2 Å². The van der Waals surface area contributed by atoms with Crippen LogP contribution in [-0.4, -0.2) is 35.3 Å². The Bertz CT molecular complexity index is 985. The number of benzene rings is 2. The van der Waals surface area contributed by atoms with Gasteiger partial charge >= 0.3 is 0 Å². The smallest absolute Gasteiger partial charge is 0.267 e. The fourth-order valence-corrected chi connectivity index (χ4v) is 3.21. The molecule has 1 unspecified atom stereocenters. The fourth-order valence-electron chi connectivity index (χ4n) is 2.87. The first-order valence-corrected chi connectivity index (χ1v) is 9.24. The number of hydrogen-bond donors (Lipinski definition) is 3. The maximum atomic E-state index is 12.4. The second kappa shape index (κ2) is 8.21. The molecular weight excluding hydrogens is 387 g/mol. The quantitative estimate of drug-likeness (QED) is 0.572. The Morgan fingerprint density at radius 3 is 2.81 bits per heavy atom. The molecule has 1 amide bonds. The van der Waals surface area contributed by atoms with Crippen LogP contribution in [0.25, 0.3) is 10.9 Å². The molecule has 0 saturated heterocycles. The lowest BCUT2D eigenvalue weighted by Gasteiger charge is -2.14. The summed E-state index contributed by atoms with van der Waals surface area (Å²) < 4.78 is 5.47. The molecule has 1 heterocycles. The Kier molecular flexibility index (Phi) is 5.95. The van der Waals surface area contributed by atoms with Crippen molar-refractivity contribution in [1.82, 2.24) is 10.3 Å². The molecule has 3 rings (SSSR count). The largest absolute Gasteiger partial charge is 0.489 e. The summed E-state index contributed by atoms with van der Waals surface area (Å²) in [5.74, 6) is 0.0964. The van der Waals surface area contributed by atoms with E-state index in [0.29, 0.717) is 21.5 Å². The van der Waals surface area contributed by atoms with Gasteiger partial charge in [0.2, 0.25) is 0 Å². The lowest BCUT2D eigenvalue weighted by molar-refractivity contribution is 0.0840. The Balaban J connectivity index is 1.57. The summed E-state index contributed by atoms with van der Waals surface area (Å²) in [7, 11) is 0. The van der Waals surface area contributed by atoms with Crippen LogP contribution in [0.4, 0.5) is 0 Å². The summed E-state index contributed by atoms with van der Waals surface area (Å²) in [6.07, 6.45) is -0.891. The van der Waals surface area contributed by atoms with Crippen LogP contribution < -0.4 is 10.1 Å². The molecule has 0 radical (unpaired) electrons. The Hall–Kier alpha value is -2.21. The number of aromatic amines is 1. The number of aliphatic hydroxyl groups excluding tert-OH is 1. The third-order valence-electron chi connectivity index (χ3n) is 4.18. The van der Waals surface area contributed by atoms with Gasteiger partial charge in [-0.3, -0.25) is 4.79 Å². The van der Waals surface area contributed by atoms with Crippen molar-refractivity contribution in [3.63, 3.8) is 0 Å². The number of fused-ring (bicyclic) bond motifs is 1. The van der Waals surface area contributed by atoms with Crippen LogP contribution >= 0.6 is 23.2 Å². The molecule has 0 aliphatic rings. The molecule has 0 bridgehead atoms. The van der Waals surface area contributed by atoms with Crippen LogP contribution in [-0.2, 0) is 0 Å².